The molecule has 0 radical (unpaired) electrons. The van der Waals surface area contributed by atoms with Crippen molar-refractivity contribution in [3.05, 3.63) is 97.2 Å². The molecule has 0 fully saturated rings. The molecule has 0 aliphatic carbocycles. The molecule has 448 valence electrons. The van der Waals surface area contributed by atoms with E-state index in [1.54, 1.807) is 0 Å². The number of hydrogen-bond donors (Lipinski definition) is 0. The summed E-state index contributed by atoms with van der Waals surface area (Å²) in [5, 5.41) is 0. The Balaban J connectivity index is 4.25. The first kappa shape index (κ1) is 74.3. The standard InChI is InChI=1S/C72H124O6/c1-4-7-10-13-16-19-22-25-27-29-30-31-32-33-34-35-36-37-38-39-40-41-42-44-45-47-50-53-56-59-62-65-71(74)77-68-69(67-76-70(73)64-61-58-55-52-49-24-21-18-15-12-9-6-3)78-72(75)66-63-60-57-54-51-48-46-43-28-26-23-20-17-14-11-8-5-2/h7,10,16,18-19,21,25,27,30-31,33-34,36-37,39-40,69H,4-6,8-9,11-15,17,20,22-24,26,28-29,32,35,38,41-68H2,1-3H3/b10-7-,19-16-,21-18-,27-25-,31-30-,34-33-,37-36-,40-39-. The zero-order valence-electron chi connectivity index (χ0n) is 51.4. The molecular formula is C72H124O6. The van der Waals surface area contributed by atoms with Crippen molar-refractivity contribution in [3.63, 3.8) is 0 Å². The summed E-state index contributed by atoms with van der Waals surface area (Å²) in [6.45, 7) is 6.52. The fourth-order valence-electron chi connectivity index (χ4n) is 9.36. The van der Waals surface area contributed by atoms with Crippen molar-refractivity contribution in [3.8, 4) is 0 Å². The van der Waals surface area contributed by atoms with Gasteiger partial charge in [0.15, 0.2) is 6.10 Å². The van der Waals surface area contributed by atoms with Crippen molar-refractivity contribution in [1.82, 2.24) is 0 Å². The third-order valence-electron chi connectivity index (χ3n) is 14.3. The highest BCUT2D eigenvalue weighted by Crippen LogP contribution is 2.17. The van der Waals surface area contributed by atoms with Crippen LogP contribution in [0.2, 0.25) is 0 Å². The van der Waals surface area contributed by atoms with Crippen LogP contribution < -0.4 is 0 Å². The Hall–Kier alpha value is -3.67. The number of rotatable bonds is 60. The number of allylic oxidation sites excluding steroid dienone is 16. The highest BCUT2D eigenvalue weighted by atomic mass is 16.6. The average molecular weight is 1090 g/mol. The lowest BCUT2D eigenvalue weighted by molar-refractivity contribution is -0.167. The van der Waals surface area contributed by atoms with Gasteiger partial charge >= 0.3 is 17.9 Å². The lowest BCUT2D eigenvalue weighted by Gasteiger charge is -2.18. The molecule has 0 aliphatic heterocycles. The largest absolute Gasteiger partial charge is 0.462 e. The second-order valence-electron chi connectivity index (χ2n) is 22.0. The maximum Gasteiger partial charge on any atom is 0.306 e. The van der Waals surface area contributed by atoms with E-state index in [1.807, 2.05) is 0 Å². The third-order valence-corrected chi connectivity index (χ3v) is 14.3. The molecule has 78 heavy (non-hydrogen) atoms. The normalized spacial score (nSPS) is 12.7. The summed E-state index contributed by atoms with van der Waals surface area (Å²) in [5.74, 6) is -0.881. The summed E-state index contributed by atoms with van der Waals surface area (Å²) in [4.78, 5) is 38.3. The van der Waals surface area contributed by atoms with Gasteiger partial charge in [0.1, 0.15) is 13.2 Å². The predicted octanol–water partition coefficient (Wildman–Crippen LogP) is 22.8. The average Bonchev–Trinajstić information content (AvgIpc) is 3.44. The Labute approximate surface area is 483 Å². The van der Waals surface area contributed by atoms with E-state index in [-0.39, 0.29) is 31.1 Å². The van der Waals surface area contributed by atoms with Gasteiger partial charge in [0.25, 0.3) is 0 Å². The predicted molar refractivity (Wildman–Crippen MR) is 339 cm³/mol. The number of carbonyl (C=O) groups is 3. The van der Waals surface area contributed by atoms with Crippen LogP contribution in [-0.4, -0.2) is 37.2 Å². The molecule has 1 atom stereocenters. The smallest absolute Gasteiger partial charge is 0.306 e. The van der Waals surface area contributed by atoms with E-state index in [2.05, 4.69) is 118 Å². The molecule has 0 N–H and O–H groups in total. The quantitative estimate of drug-likeness (QED) is 0.0261. The molecule has 0 heterocycles. The molecule has 0 aromatic carbocycles. The topological polar surface area (TPSA) is 78.9 Å². The number of carbonyl (C=O) groups excluding carboxylic acids is 3. The van der Waals surface area contributed by atoms with Crippen molar-refractivity contribution in [1.29, 1.82) is 0 Å². The first-order valence-electron chi connectivity index (χ1n) is 33.2. The maximum atomic E-state index is 12.9. The lowest BCUT2D eigenvalue weighted by atomic mass is 10.0. The fourth-order valence-corrected chi connectivity index (χ4v) is 9.36. The molecule has 0 spiro atoms. The molecule has 1 unspecified atom stereocenters. The van der Waals surface area contributed by atoms with Crippen LogP contribution in [-0.2, 0) is 28.6 Å². The van der Waals surface area contributed by atoms with Gasteiger partial charge in [0.05, 0.1) is 0 Å². The third kappa shape index (κ3) is 63.2. The van der Waals surface area contributed by atoms with E-state index in [0.717, 1.165) is 116 Å². The Morgan fingerprint density at radius 3 is 0.821 bits per heavy atom. The monoisotopic (exact) mass is 1080 g/mol. The molecule has 0 aliphatic rings. The van der Waals surface area contributed by atoms with Gasteiger partial charge in [0.2, 0.25) is 0 Å². The van der Waals surface area contributed by atoms with E-state index in [1.165, 1.54) is 167 Å². The van der Waals surface area contributed by atoms with Crippen molar-refractivity contribution in [2.24, 2.45) is 0 Å². The van der Waals surface area contributed by atoms with Gasteiger partial charge in [-0.15, -0.1) is 0 Å². The summed E-state index contributed by atoms with van der Waals surface area (Å²) in [6, 6.07) is 0. The molecular weight excluding hydrogens is 961 g/mol. The first-order chi connectivity index (χ1) is 38.5. The highest BCUT2D eigenvalue weighted by molar-refractivity contribution is 5.71. The molecule has 6 nitrogen and oxygen atoms in total. The van der Waals surface area contributed by atoms with Gasteiger partial charge in [-0.2, -0.15) is 0 Å². The van der Waals surface area contributed by atoms with E-state index >= 15 is 0 Å². The summed E-state index contributed by atoms with van der Waals surface area (Å²) >= 11 is 0. The Morgan fingerprint density at radius 2 is 0.500 bits per heavy atom. The zero-order chi connectivity index (χ0) is 56.4. The van der Waals surface area contributed by atoms with E-state index < -0.39 is 6.10 Å². The van der Waals surface area contributed by atoms with E-state index in [0.29, 0.717) is 19.3 Å². The minimum atomic E-state index is -0.782. The van der Waals surface area contributed by atoms with Crippen LogP contribution in [0.1, 0.15) is 323 Å². The zero-order valence-corrected chi connectivity index (χ0v) is 51.4. The Morgan fingerprint density at radius 1 is 0.269 bits per heavy atom. The van der Waals surface area contributed by atoms with Gasteiger partial charge < -0.3 is 14.2 Å². The number of hydrogen-bond acceptors (Lipinski definition) is 6. The second kappa shape index (κ2) is 65.8. The van der Waals surface area contributed by atoms with Crippen LogP contribution in [0.3, 0.4) is 0 Å². The number of esters is 3. The molecule has 0 rings (SSSR count). The first-order valence-corrected chi connectivity index (χ1v) is 33.2. The van der Waals surface area contributed by atoms with Crippen molar-refractivity contribution >= 4 is 17.9 Å². The van der Waals surface area contributed by atoms with Gasteiger partial charge in [-0.05, 0) is 103 Å². The van der Waals surface area contributed by atoms with Crippen LogP contribution in [0.15, 0.2) is 97.2 Å². The van der Waals surface area contributed by atoms with Gasteiger partial charge in [-0.3, -0.25) is 14.4 Å². The molecule has 0 amide bonds. The highest BCUT2D eigenvalue weighted by Gasteiger charge is 2.19. The minimum absolute atomic E-state index is 0.0801. The summed E-state index contributed by atoms with van der Waals surface area (Å²) in [5.41, 5.74) is 0. The molecule has 0 aromatic rings. The second-order valence-corrected chi connectivity index (χ2v) is 22.0. The van der Waals surface area contributed by atoms with Gasteiger partial charge in [-0.1, -0.05) is 298 Å². The molecule has 0 saturated carbocycles. The van der Waals surface area contributed by atoms with Crippen LogP contribution in [0.5, 0.6) is 0 Å². The SMILES string of the molecule is CC/C=C\C/C=C\C/C=C\C/C=C\C/C=C\C/C=C\C/C=C\CCCCCCCCCCCC(=O)OCC(COC(=O)CCCCCCC/C=C\CCCCC)OC(=O)CCCCCCCCCCCCCCCCCCC. The van der Waals surface area contributed by atoms with Crippen LogP contribution in [0.4, 0.5) is 0 Å². The molecule has 6 heteroatoms. The molecule has 0 saturated heterocycles. The van der Waals surface area contributed by atoms with E-state index in [9.17, 15) is 14.4 Å². The summed E-state index contributed by atoms with van der Waals surface area (Å²) in [7, 11) is 0. The summed E-state index contributed by atoms with van der Waals surface area (Å²) in [6.07, 6.45) is 88.5. The number of ether oxygens (including phenoxy) is 3. The molecule has 0 bridgehead atoms. The Kier molecular flexibility index (Phi) is 62.7. The molecule has 0 aromatic heterocycles. The fraction of sp³-hybridized carbons (Fsp3) is 0.736. The summed E-state index contributed by atoms with van der Waals surface area (Å²) < 4.78 is 16.9. The van der Waals surface area contributed by atoms with Crippen LogP contribution >= 0.6 is 0 Å². The van der Waals surface area contributed by atoms with Crippen LogP contribution in [0.25, 0.3) is 0 Å². The van der Waals surface area contributed by atoms with Crippen molar-refractivity contribution in [2.45, 2.75) is 329 Å². The lowest BCUT2D eigenvalue weighted by Crippen LogP contribution is -2.30. The van der Waals surface area contributed by atoms with Crippen molar-refractivity contribution in [2.75, 3.05) is 13.2 Å². The maximum absolute atomic E-state index is 12.9. The van der Waals surface area contributed by atoms with Crippen LogP contribution in [0, 0.1) is 0 Å². The van der Waals surface area contributed by atoms with Gasteiger partial charge in [0, 0.05) is 19.3 Å². The van der Waals surface area contributed by atoms with Gasteiger partial charge in [-0.25, -0.2) is 0 Å². The Bertz CT molecular complexity index is 1530. The van der Waals surface area contributed by atoms with Crippen molar-refractivity contribution < 1.29 is 28.6 Å². The number of unbranched alkanes of at least 4 members (excludes halogenated alkanes) is 33. The van der Waals surface area contributed by atoms with E-state index in [4.69, 9.17) is 14.2 Å². The minimum Gasteiger partial charge on any atom is -0.462 e.